The number of ether oxygens (including phenoxy) is 1. The van der Waals surface area contributed by atoms with Crippen LogP contribution in [0.2, 0.25) is 0 Å². The zero-order chi connectivity index (χ0) is 16.6. The molecule has 1 aromatic rings. The molecule has 128 valence electrons. The zero-order valence-electron chi connectivity index (χ0n) is 14.6. The molecule has 2 fully saturated rings. The van der Waals surface area contributed by atoms with Gasteiger partial charge in [0.05, 0.1) is 23.2 Å². The Hall–Kier alpha value is -1.56. The Labute approximate surface area is 138 Å². The second-order valence-electron chi connectivity index (χ2n) is 7.35. The molecule has 2 N–H and O–H groups in total. The normalized spacial score (nSPS) is 20.4. The summed E-state index contributed by atoms with van der Waals surface area (Å²) in [5, 5.41) is 10.4. The highest BCUT2D eigenvalue weighted by Crippen LogP contribution is 2.44. The van der Waals surface area contributed by atoms with Crippen molar-refractivity contribution in [1.82, 2.24) is 15.1 Å². The second kappa shape index (κ2) is 6.15. The minimum Gasteiger partial charge on any atom is -0.376 e. The molecule has 2 aliphatic rings. The van der Waals surface area contributed by atoms with Crippen molar-refractivity contribution in [3.05, 3.63) is 11.9 Å². The molecule has 0 aliphatic heterocycles. The quantitative estimate of drug-likeness (QED) is 0.810. The first-order valence-electron chi connectivity index (χ1n) is 8.62. The van der Waals surface area contributed by atoms with E-state index in [1.165, 1.54) is 25.7 Å². The molecule has 23 heavy (non-hydrogen) atoms. The van der Waals surface area contributed by atoms with E-state index in [0.717, 1.165) is 11.4 Å². The summed E-state index contributed by atoms with van der Waals surface area (Å²) in [5.41, 5.74) is 1.73. The van der Waals surface area contributed by atoms with Crippen molar-refractivity contribution >= 4 is 11.7 Å². The number of urea groups is 1. The van der Waals surface area contributed by atoms with Crippen LogP contribution in [-0.4, -0.2) is 35.1 Å². The number of aromatic nitrogens is 2. The van der Waals surface area contributed by atoms with E-state index in [4.69, 9.17) is 4.74 Å². The number of anilines is 1. The van der Waals surface area contributed by atoms with Gasteiger partial charge < -0.3 is 15.4 Å². The molecule has 6 nitrogen and oxygen atoms in total. The van der Waals surface area contributed by atoms with Crippen molar-refractivity contribution in [2.75, 3.05) is 19.0 Å². The maximum absolute atomic E-state index is 12.3. The molecular weight excluding hydrogens is 292 g/mol. The number of hydrogen-bond donors (Lipinski definition) is 2. The average Bonchev–Trinajstić information content (AvgIpc) is 3.42. The second-order valence-corrected chi connectivity index (χ2v) is 7.35. The first-order valence-corrected chi connectivity index (χ1v) is 8.62. The number of carbonyl (C=O) groups is 1. The van der Waals surface area contributed by atoms with Crippen molar-refractivity contribution in [3.8, 4) is 0 Å². The monoisotopic (exact) mass is 320 g/mol. The fraction of sp³-hybridized carbons (Fsp3) is 0.765. The van der Waals surface area contributed by atoms with Gasteiger partial charge in [0.15, 0.2) is 0 Å². The van der Waals surface area contributed by atoms with E-state index in [1.54, 1.807) is 13.3 Å². The minimum absolute atomic E-state index is 0.181. The summed E-state index contributed by atoms with van der Waals surface area (Å²) >= 11 is 0. The van der Waals surface area contributed by atoms with Crippen molar-refractivity contribution in [1.29, 1.82) is 0 Å². The van der Waals surface area contributed by atoms with Crippen LogP contribution in [0.5, 0.6) is 0 Å². The highest BCUT2D eigenvalue weighted by Gasteiger charge is 2.42. The fourth-order valence-corrected chi connectivity index (χ4v) is 3.14. The van der Waals surface area contributed by atoms with Gasteiger partial charge in [-0.2, -0.15) is 5.10 Å². The molecule has 1 heterocycles. The summed E-state index contributed by atoms with van der Waals surface area (Å²) < 4.78 is 7.64. The fourth-order valence-electron chi connectivity index (χ4n) is 3.14. The van der Waals surface area contributed by atoms with Gasteiger partial charge >= 0.3 is 6.03 Å². The predicted molar refractivity (Wildman–Crippen MR) is 89.7 cm³/mol. The molecule has 3 rings (SSSR count). The van der Waals surface area contributed by atoms with E-state index in [-0.39, 0.29) is 11.6 Å². The number of hydrogen-bond acceptors (Lipinski definition) is 3. The number of nitrogens with zero attached hydrogens (tertiary/aromatic N) is 2. The SMILES string of the molecule is COC(C)(CNC(=O)Nc1cnn(C(C)C)c1C1CC1)C1CC1. The molecule has 2 saturated carbocycles. The largest absolute Gasteiger partial charge is 0.376 e. The minimum atomic E-state index is -0.265. The number of carbonyl (C=O) groups excluding carboxylic acids is 1. The summed E-state index contributed by atoms with van der Waals surface area (Å²) in [6.45, 7) is 6.82. The molecule has 1 unspecified atom stereocenters. The Morgan fingerprint density at radius 3 is 2.65 bits per heavy atom. The van der Waals surface area contributed by atoms with Gasteiger partial charge in [-0.3, -0.25) is 4.68 Å². The van der Waals surface area contributed by atoms with Crippen LogP contribution in [0.1, 0.15) is 64.1 Å². The highest BCUT2D eigenvalue weighted by molar-refractivity contribution is 5.90. The molecule has 1 aromatic heterocycles. The maximum Gasteiger partial charge on any atom is 0.319 e. The lowest BCUT2D eigenvalue weighted by Gasteiger charge is -2.28. The Morgan fingerprint density at radius 2 is 2.13 bits per heavy atom. The van der Waals surface area contributed by atoms with Gasteiger partial charge in [-0.05, 0) is 52.4 Å². The topological polar surface area (TPSA) is 68.2 Å². The Morgan fingerprint density at radius 1 is 1.43 bits per heavy atom. The molecule has 0 bridgehead atoms. The smallest absolute Gasteiger partial charge is 0.319 e. The maximum atomic E-state index is 12.3. The van der Waals surface area contributed by atoms with Gasteiger partial charge in [-0.15, -0.1) is 0 Å². The van der Waals surface area contributed by atoms with Gasteiger partial charge in [0.1, 0.15) is 0 Å². The van der Waals surface area contributed by atoms with Crippen LogP contribution in [0.3, 0.4) is 0 Å². The predicted octanol–water partition coefficient (Wildman–Crippen LogP) is 3.28. The van der Waals surface area contributed by atoms with Crippen LogP contribution in [0.15, 0.2) is 6.20 Å². The Balaban J connectivity index is 1.62. The number of nitrogens with one attached hydrogen (secondary N) is 2. The third kappa shape index (κ3) is 3.52. The molecule has 2 amide bonds. The lowest BCUT2D eigenvalue weighted by molar-refractivity contribution is -0.00963. The summed E-state index contributed by atoms with van der Waals surface area (Å²) in [7, 11) is 1.72. The lowest BCUT2D eigenvalue weighted by Crippen LogP contribution is -2.45. The standard InChI is InChI=1S/C17H28N4O2/c1-11(2)21-15(12-5-6-12)14(9-19-21)20-16(22)18-10-17(3,23-4)13-7-8-13/h9,11-13H,5-8,10H2,1-4H3,(H2,18,20,22). The van der Waals surface area contributed by atoms with Crippen molar-refractivity contribution in [2.45, 2.75) is 64.0 Å². The average molecular weight is 320 g/mol. The van der Waals surface area contributed by atoms with Gasteiger partial charge in [0, 0.05) is 25.6 Å². The summed E-state index contributed by atoms with van der Waals surface area (Å²) in [6.07, 6.45) is 6.49. The summed E-state index contributed by atoms with van der Waals surface area (Å²) in [5.74, 6) is 1.09. The van der Waals surface area contributed by atoms with Crippen molar-refractivity contribution in [2.24, 2.45) is 5.92 Å². The van der Waals surface area contributed by atoms with Crippen LogP contribution in [0, 0.1) is 5.92 Å². The van der Waals surface area contributed by atoms with Crippen LogP contribution in [0.4, 0.5) is 10.5 Å². The van der Waals surface area contributed by atoms with Crippen LogP contribution < -0.4 is 10.6 Å². The Bertz CT molecular complexity index is 575. The third-order valence-corrected chi connectivity index (χ3v) is 5.04. The zero-order valence-corrected chi connectivity index (χ0v) is 14.6. The molecule has 0 radical (unpaired) electrons. The van der Waals surface area contributed by atoms with Gasteiger partial charge in [-0.25, -0.2) is 4.79 Å². The third-order valence-electron chi connectivity index (χ3n) is 5.04. The van der Waals surface area contributed by atoms with E-state index < -0.39 is 0 Å². The number of methoxy groups -OCH3 is 1. The molecule has 0 saturated heterocycles. The first-order chi connectivity index (χ1) is 10.9. The lowest BCUT2D eigenvalue weighted by atomic mass is 10.0. The Kier molecular flexibility index (Phi) is 4.36. The van der Waals surface area contributed by atoms with E-state index in [2.05, 4.69) is 36.5 Å². The van der Waals surface area contributed by atoms with Gasteiger partial charge in [-0.1, -0.05) is 0 Å². The summed E-state index contributed by atoms with van der Waals surface area (Å²) in [6, 6.07) is 0.120. The van der Waals surface area contributed by atoms with E-state index in [1.807, 2.05) is 4.68 Å². The molecular formula is C17H28N4O2. The van der Waals surface area contributed by atoms with E-state index in [0.29, 0.717) is 24.4 Å². The van der Waals surface area contributed by atoms with Gasteiger partial charge in [0.25, 0.3) is 0 Å². The van der Waals surface area contributed by atoms with E-state index >= 15 is 0 Å². The van der Waals surface area contributed by atoms with Crippen LogP contribution >= 0.6 is 0 Å². The van der Waals surface area contributed by atoms with Crippen molar-refractivity contribution in [3.63, 3.8) is 0 Å². The highest BCUT2D eigenvalue weighted by atomic mass is 16.5. The molecule has 6 heteroatoms. The number of rotatable bonds is 7. The van der Waals surface area contributed by atoms with Crippen LogP contribution in [0.25, 0.3) is 0 Å². The summed E-state index contributed by atoms with van der Waals surface area (Å²) in [4.78, 5) is 12.3. The van der Waals surface area contributed by atoms with Gasteiger partial charge in [0.2, 0.25) is 0 Å². The van der Waals surface area contributed by atoms with Crippen LogP contribution in [-0.2, 0) is 4.74 Å². The molecule has 0 aromatic carbocycles. The van der Waals surface area contributed by atoms with Crippen molar-refractivity contribution < 1.29 is 9.53 Å². The molecule has 1 atom stereocenters. The molecule has 0 spiro atoms. The first kappa shape index (κ1) is 16.3. The molecule has 2 aliphatic carbocycles. The number of amides is 2. The van der Waals surface area contributed by atoms with E-state index in [9.17, 15) is 4.79 Å².